The van der Waals surface area contributed by atoms with Crippen LogP contribution in [-0.2, 0) is 41.8 Å². The zero-order valence-electron chi connectivity index (χ0n) is 36.7. The summed E-state index contributed by atoms with van der Waals surface area (Å²) in [6, 6.07) is 0. The molecule has 0 aromatic rings. The van der Waals surface area contributed by atoms with Gasteiger partial charge in [0.25, 0.3) is 0 Å². The summed E-state index contributed by atoms with van der Waals surface area (Å²) in [6.07, 6.45) is 37.1. The number of hydrogen-bond donors (Lipinski definition) is 5. The number of aliphatic hydroxyl groups excluding tert-OH is 2. The number of phosphoric ester groups is 2. The fourth-order valence-corrected chi connectivity index (χ4v) is 7.00. The molecule has 0 aromatic heterocycles. The van der Waals surface area contributed by atoms with Gasteiger partial charge in [-0.2, -0.15) is 0 Å². The van der Waals surface area contributed by atoms with Gasteiger partial charge < -0.3 is 34.4 Å². The lowest BCUT2D eigenvalue weighted by atomic mass is 10.1. The Balaban J connectivity index is 4.56. The normalized spacial score (nSPS) is 15.0. The van der Waals surface area contributed by atoms with Crippen LogP contribution in [0.4, 0.5) is 0 Å². The molecule has 0 amide bonds. The van der Waals surface area contributed by atoms with Crippen LogP contribution < -0.4 is 0 Å². The van der Waals surface area contributed by atoms with E-state index in [2.05, 4.69) is 34.2 Å². The molecule has 4 atom stereocenters. The van der Waals surface area contributed by atoms with Gasteiger partial charge >= 0.3 is 27.6 Å². The molecular weight excluding hydrogens is 814 g/mol. The molecule has 16 heteroatoms. The summed E-state index contributed by atoms with van der Waals surface area (Å²) in [5.41, 5.74) is 0. The highest BCUT2D eigenvalue weighted by molar-refractivity contribution is 7.47. The van der Waals surface area contributed by atoms with Crippen molar-refractivity contribution in [1.29, 1.82) is 0 Å². The second-order valence-corrected chi connectivity index (χ2v) is 17.8. The Morgan fingerprint density at radius 3 is 1.62 bits per heavy atom. The first-order chi connectivity index (χ1) is 28.8. The van der Waals surface area contributed by atoms with E-state index >= 15 is 0 Å². The van der Waals surface area contributed by atoms with Gasteiger partial charge in [-0.15, -0.1) is 0 Å². The first-order valence-corrected chi connectivity index (χ1v) is 25.5. The van der Waals surface area contributed by atoms with Crippen LogP contribution in [0.3, 0.4) is 0 Å². The van der Waals surface area contributed by atoms with E-state index in [-0.39, 0.29) is 12.8 Å². The summed E-state index contributed by atoms with van der Waals surface area (Å²) in [7, 11) is -9.70. The number of carbonyl (C=O) groups excluding carboxylic acids is 2. The van der Waals surface area contributed by atoms with E-state index in [1.54, 1.807) is 6.08 Å². The number of phosphoric acid groups is 2. The Bertz CT molecular complexity index is 1270. The summed E-state index contributed by atoms with van der Waals surface area (Å²) in [6.45, 7) is 1.51. The lowest BCUT2D eigenvalue weighted by molar-refractivity contribution is -0.161. The van der Waals surface area contributed by atoms with E-state index in [0.717, 1.165) is 70.6 Å². The Morgan fingerprint density at radius 2 is 1.05 bits per heavy atom. The average Bonchev–Trinajstić information content (AvgIpc) is 3.20. The Labute approximate surface area is 361 Å². The summed E-state index contributed by atoms with van der Waals surface area (Å²) in [5.74, 6) is -1.09. The molecule has 0 spiro atoms. The maximum absolute atomic E-state index is 12.7. The maximum atomic E-state index is 12.7. The zero-order valence-corrected chi connectivity index (χ0v) is 38.5. The predicted octanol–water partition coefficient (Wildman–Crippen LogP) is 10.4. The highest BCUT2D eigenvalue weighted by Crippen LogP contribution is 2.43. The van der Waals surface area contributed by atoms with Crippen LogP contribution in [0.5, 0.6) is 0 Å². The molecule has 14 nitrogen and oxygen atoms in total. The number of unbranched alkanes of at least 4 members (excludes halogenated alkanes) is 18. The summed E-state index contributed by atoms with van der Waals surface area (Å²) in [5, 5.41) is 19.6. The molecule has 60 heavy (non-hydrogen) atoms. The molecule has 350 valence electrons. The minimum absolute atomic E-state index is 0.0833. The Morgan fingerprint density at radius 1 is 0.550 bits per heavy atom. The lowest BCUT2D eigenvalue weighted by Gasteiger charge is -2.20. The molecule has 2 unspecified atom stereocenters. The summed E-state index contributed by atoms with van der Waals surface area (Å²) < 4.78 is 47.7. The molecule has 0 aliphatic heterocycles. The van der Waals surface area contributed by atoms with Crippen molar-refractivity contribution >= 4 is 27.6 Å². The fraction of sp³-hybridized carbons (Fsp3) is 0.773. The third-order valence-corrected chi connectivity index (χ3v) is 10.7. The van der Waals surface area contributed by atoms with Crippen LogP contribution in [0.1, 0.15) is 174 Å². The molecule has 0 saturated heterocycles. The van der Waals surface area contributed by atoms with Crippen molar-refractivity contribution in [1.82, 2.24) is 0 Å². The van der Waals surface area contributed by atoms with Gasteiger partial charge in [-0.1, -0.05) is 146 Å². The molecule has 0 fully saturated rings. The lowest BCUT2D eigenvalue weighted by Crippen LogP contribution is -2.30. The smallest absolute Gasteiger partial charge is 0.462 e. The van der Waals surface area contributed by atoms with Crippen molar-refractivity contribution in [3.8, 4) is 0 Å². The maximum Gasteiger partial charge on any atom is 0.472 e. The summed E-state index contributed by atoms with van der Waals surface area (Å²) in [4.78, 5) is 52.7. The number of esters is 2. The molecule has 0 rings (SSSR count). The highest BCUT2D eigenvalue weighted by atomic mass is 31.2. The monoisotopic (exact) mass is 895 g/mol. The number of allylic oxidation sites excluding steroid dienone is 6. The SMILES string of the molecule is CC/C=C/CC(O)/C=C/C=C/CCCCCCCC(=O)O[C@H](COC(=O)CCCCCCCCC/C=C\CCCCCCCC)COP(=O)(O)OC[C@@H](O)COP(=O)(O)O. The zero-order chi connectivity index (χ0) is 44.6. The molecule has 0 radical (unpaired) electrons. The van der Waals surface area contributed by atoms with Crippen LogP contribution in [0.25, 0.3) is 0 Å². The van der Waals surface area contributed by atoms with Gasteiger partial charge in [0.2, 0.25) is 0 Å². The van der Waals surface area contributed by atoms with Crippen molar-refractivity contribution < 1.29 is 66.7 Å². The molecule has 0 bridgehead atoms. The highest BCUT2D eigenvalue weighted by Gasteiger charge is 2.28. The van der Waals surface area contributed by atoms with E-state index in [4.69, 9.17) is 23.8 Å². The summed E-state index contributed by atoms with van der Waals surface area (Å²) >= 11 is 0. The number of hydrogen-bond acceptors (Lipinski definition) is 11. The van der Waals surface area contributed by atoms with Crippen molar-refractivity contribution in [2.75, 3.05) is 26.4 Å². The van der Waals surface area contributed by atoms with E-state index in [9.17, 15) is 33.8 Å². The Hall–Kier alpha value is -1.96. The molecule has 0 aliphatic carbocycles. The van der Waals surface area contributed by atoms with Crippen molar-refractivity contribution in [3.63, 3.8) is 0 Å². The number of carbonyl (C=O) groups is 2. The van der Waals surface area contributed by atoms with E-state index < -0.39 is 72.3 Å². The topological polar surface area (TPSA) is 216 Å². The van der Waals surface area contributed by atoms with Crippen LogP contribution in [0, 0.1) is 0 Å². The van der Waals surface area contributed by atoms with E-state index in [1.165, 1.54) is 57.8 Å². The number of ether oxygens (including phenoxy) is 2. The Kier molecular flexibility index (Phi) is 38.6. The first-order valence-electron chi connectivity index (χ1n) is 22.4. The van der Waals surface area contributed by atoms with E-state index in [0.29, 0.717) is 19.3 Å². The van der Waals surface area contributed by atoms with Gasteiger partial charge in [-0.25, -0.2) is 9.13 Å². The minimum atomic E-state index is -4.87. The molecule has 5 N–H and O–H groups in total. The van der Waals surface area contributed by atoms with Crippen molar-refractivity contribution in [2.24, 2.45) is 0 Å². The second-order valence-electron chi connectivity index (χ2n) is 15.1. The van der Waals surface area contributed by atoms with Crippen molar-refractivity contribution in [3.05, 3.63) is 48.6 Å². The third-order valence-electron chi connectivity index (χ3n) is 9.27. The average molecular weight is 895 g/mol. The third kappa shape index (κ3) is 42.7. The van der Waals surface area contributed by atoms with Crippen LogP contribution >= 0.6 is 15.6 Å². The van der Waals surface area contributed by atoms with Gasteiger partial charge in [0.05, 0.1) is 25.9 Å². The quantitative estimate of drug-likeness (QED) is 0.0127. The van der Waals surface area contributed by atoms with Gasteiger partial charge in [0.1, 0.15) is 12.7 Å². The molecule has 0 aliphatic rings. The first kappa shape index (κ1) is 58.0. The standard InChI is InChI=1S/C44H80O14P2/c1-3-5-7-8-9-10-11-12-13-14-15-16-17-20-23-26-30-34-43(47)54-38-42(39-57-60(52,53)56-37-41(46)36-55-59(49,50)51)58-44(48)35-31-27-24-21-18-19-22-25-29-33-40(45)32-28-6-4-2/h6,12-13,22,25,28-29,33,40-42,45-46H,3-5,7-11,14-21,23-24,26-27,30-32,34-39H2,1-2H3,(H,52,53)(H2,49,50,51)/b13-12-,25-22+,28-6+,33-29+/t40?,41-,42+/m0/s1. The second kappa shape index (κ2) is 39.9. The van der Waals surface area contributed by atoms with E-state index in [1.807, 2.05) is 31.2 Å². The molecule has 0 aromatic carbocycles. The molecule has 0 saturated carbocycles. The largest absolute Gasteiger partial charge is 0.472 e. The fourth-order valence-electron chi connectivity index (χ4n) is 5.85. The van der Waals surface area contributed by atoms with Gasteiger partial charge in [0, 0.05) is 12.8 Å². The molecule has 0 heterocycles. The van der Waals surface area contributed by atoms with Gasteiger partial charge in [0.15, 0.2) is 6.10 Å². The van der Waals surface area contributed by atoms with Gasteiger partial charge in [-0.05, 0) is 64.2 Å². The van der Waals surface area contributed by atoms with Crippen LogP contribution in [0.15, 0.2) is 48.6 Å². The van der Waals surface area contributed by atoms with Gasteiger partial charge in [-0.3, -0.25) is 23.2 Å². The van der Waals surface area contributed by atoms with Crippen LogP contribution in [-0.4, -0.2) is 81.6 Å². The van der Waals surface area contributed by atoms with Crippen LogP contribution in [0.2, 0.25) is 0 Å². The number of rotatable bonds is 42. The predicted molar refractivity (Wildman–Crippen MR) is 236 cm³/mol. The van der Waals surface area contributed by atoms with Crippen molar-refractivity contribution in [2.45, 2.75) is 193 Å². The number of aliphatic hydroxyl groups is 2. The minimum Gasteiger partial charge on any atom is -0.462 e. The molecular formula is C44H80O14P2.